The first-order valence-electron chi connectivity index (χ1n) is 18.7. The van der Waals surface area contributed by atoms with E-state index < -0.39 is 0 Å². The standard InChI is InChI=1S/C53H34N2/c54-35-36-27-29-41(30-28-36)55(50-26-14-22-37-19-10-11-23-43(37)50)42-31-32-46-49(33-42)44-24-12-13-25-45(44)52-48(39-17-6-2-7-18-39)34-47(38-15-4-1-5-16-38)51(53(46)52)40-20-8-3-9-21-40/h1-34H. The van der Waals surface area contributed by atoms with E-state index in [1.807, 2.05) is 12.1 Å². The molecule has 0 atom stereocenters. The van der Waals surface area contributed by atoms with E-state index in [1.165, 1.54) is 71.1 Å². The Kier molecular flexibility index (Phi) is 7.90. The molecule has 0 spiro atoms. The molecular formula is C53H34N2. The lowest BCUT2D eigenvalue weighted by Gasteiger charge is -2.28. The van der Waals surface area contributed by atoms with Gasteiger partial charge in [-0.15, -0.1) is 0 Å². The smallest absolute Gasteiger partial charge is 0.0991 e. The Morgan fingerprint density at radius 3 is 1.60 bits per heavy atom. The molecule has 0 aliphatic carbocycles. The van der Waals surface area contributed by atoms with Crippen molar-refractivity contribution in [1.29, 1.82) is 5.26 Å². The van der Waals surface area contributed by atoms with Gasteiger partial charge in [0.25, 0.3) is 0 Å². The largest absolute Gasteiger partial charge is 0.310 e. The van der Waals surface area contributed by atoms with Crippen molar-refractivity contribution in [3.63, 3.8) is 0 Å². The number of fused-ring (bicyclic) bond motifs is 7. The molecule has 10 aromatic carbocycles. The zero-order valence-electron chi connectivity index (χ0n) is 30.0. The normalized spacial score (nSPS) is 11.3. The zero-order chi connectivity index (χ0) is 36.7. The first-order valence-corrected chi connectivity index (χ1v) is 18.7. The van der Waals surface area contributed by atoms with Crippen molar-refractivity contribution < 1.29 is 0 Å². The molecule has 0 unspecified atom stereocenters. The fourth-order valence-corrected chi connectivity index (χ4v) is 8.39. The molecule has 0 amide bonds. The molecule has 0 radical (unpaired) electrons. The van der Waals surface area contributed by atoms with E-state index in [1.54, 1.807) is 0 Å². The summed E-state index contributed by atoms with van der Waals surface area (Å²) in [6.07, 6.45) is 0. The van der Waals surface area contributed by atoms with Crippen molar-refractivity contribution >= 4 is 60.2 Å². The number of nitrogens with zero attached hydrogens (tertiary/aromatic N) is 2. The van der Waals surface area contributed by atoms with E-state index in [2.05, 4.69) is 205 Å². The van der Waals surface area contributed by atoms with Gasteiger partial charge in [-0.05, 0) is 120 Å². The van der Waals surface area contributed by atoms with Crippen LogP contribution in [0.4, 0.5) is 17.1 Å². The van der Waals surface area contributed by atoms with E-state index in [4.69, 9.17) is 0 Å². The van der Waals surface area contributed by atoms with Crippen LogP contribution in [0.25, 0.3) is 76.5 Å². The Hall–Kier alpha value is -7.47. The minimum Gasteiger partial charge on any atom is -0.310 e. The predicted octanol–water partition coefficient (Wildman–Crippen LogP) is 14.6. The number of rotatable bonds is 6. The molecule has 0 aromatic heterocycles. The summed E-state index contributed by atoms with van der Waals surface area (Å²) < 4.78 is 0. The van der Waals surface area contributed by atoms with Crippen LogP contribution in [0.1, 0.15) is 5.56 Å². The fourth-order valence-electron chi connectivity index (χ4n) is 8.39. The van der Waals surface area contributed by atoms with Gasteiger partial charge in [-0.25, -0.2) is 0 Å². The predicted molar refractivity (Wildman–Crippen MR) is 232 cm³/mol. The highest BCUT2D eigenvalue weighted by Gasteiger charge is 2.23. The van der Waals surface area contributed by atoms with Gasteiger partial charge in [0, 0.05) is 16.8 Å². The van der Waals surface area contributed by atoms with E-state index >= 15 is 0 Å². The summed E-state index contributed by atoms with van der Waals surface area (Å²) in [5, 5.41) is 19.3. The Labute approximate surface area is 320 Å². The molecule has 10 rings (SSSR count). The van der Waals surface area contributed by atoms with E-state index in [-0.39, 0.29) is 0 Å². The number of nitriles is 1. The second-order valence-electron chi connectivity index (χ2n) is 14.0. The monoisotopic (exact) mass is 698 g/mol. The first-order chi connectivity index (χ1) is 27.3. The Bertz CT molecular complexity index is 3070. The molecule has 55 heavy (non-hydrogen) atoms. The molecule has 0 aliphatic rings. The van der Waals surface area contributed by atoms with Crippen LogP contribution >= 0.6 is 0 Å². The molecule has 10 aromatic rings. The molecular weight excluding hydrogens is 665 g/mol. The van der Waals surface area contributed by atoms with Crippen molar-refractivity contribution in [2.24, 2.45) is 0 Å². The van der Waals surface area contributed by atoms with Crippen molar-refractivity contribution in [3.05, 3.63) is 212 Å². The molecule has 2 heteroatoms. The van der Waals surface area contributed by atoms with Crippen molar-refractivity contribution in [2.45, 2.75) is 0 Å². The highest BCUT2D eigenvalue weighted by atomic mass is 15.1. The Morgan fingerprint density at radius 1 is 0.364 bits per heavy atom. The maximum absolute atomic E-state index is 9.67. The maximum Gasteiger partial charge on any atom is 0.0991 e. The number of benzene rings is 10. The highest BCUT2D eigenvalue weighted by molar-refractivity contribution is 6.33. The third-order valence-electron chi connectivity index (χ3n) is 10.8. The van der Waals surface area contributed by atoms with E-state index in [9.17, 15) is 5.26 Å². The lowest BCUT2D eigenvalue weighted by Crippen LogP contribution is -2.10. The average Bonchev–Trinajstić information content (AvgIpc) is 3.27. The summed E-state index contributed by atoms with van der Waals surface area (Å²) >= 11 is 0. The van der Waals surface area contributed by atoms with Gasteiger partial charge >= 0.3 is 0 Å². The van der Waals surface area contributed by atoms with Gasteiger partial charge in [0.2, 0.25) is 0 Å². The lowest BCUT2D eigenvalue weighted by molar-refractivity contribution is 1.30. The number of hydrogen-bond donors (Lipinski definition) is 0. The topological polar surface area (TPSA) is 27.0 Å². The Morgan fingerprint density at radius 2 is 0.909 bits per heavy atom. The van der Waals surface area contributed by atoms with Gasteiger partial charge in [-0.3, -0.25) is 0 Å². The summed E-state index contributed by atoms with van der Waals surface area (Å²) in [6.45, 7) is 0. The Balaban J connectivity index is 1.36. The minimum atomic E-state index is 0.634. The van der Waals surface area contributed by atoms with Gasteiger partial charge in [-0.2, -0.15) is 5.26 Å². The molecule has 256 valence electrons. The molecule has 0 aliphatic heterocycles. The van der Waals surface area contributed by atoms with E-state index in [0.717, 1.165) is 22.4 Å². The van der Waals surface area contributed by atoms with Crippen LogP contribution < -0.4 is 4.90 Å². The van der Waals surface area contributed by atoms with Crippen LogP contribution in [0, 0.1) is 11.3 Å². The van der Waals surface area contributed by atoms with Crippen molar-refractivity contribution in [2.75, 3.05) is 4.90 Å². The van der Waals surface area contributed by atoms with Gasteiger partial charge in [0.1, 0.15) is 0 Å². The summed E-state index contributed by atoms with van der Waals surface area (Å²) in [6, 6.07) is 75.9. The van der Waals surface area contributed by atoms with Crippen LogP contribution in [0.3, 0.4) is 0 Å². The second-order valence-corrected chi connectivity index (χ2v) is 14.0. The van der Waals surface area contributed by atoms with Gasteiger partial charge < -0.3 is 4.90 Å². The van der Waals surface area contributed by atoms with Crippen molar-refractivity contribution in [3.8, 4) is 39.4 Å². The van der Waals surface area contributed by atoms with E-state index in [0.29, 0.717) is 5.56 Å². The zero-order valence-corrected chi connectivity index (χ0v) is 30.0. The molecule has 0 fully saturated rings. The molecule has 0 saturated heterocycles. The quantitative estimate of drug-likeness (QED) is 0.162. The summed E-state index contributed by atoms with van der Waals surface area (Å²) in [5.74, 6) is 0. The van der Waals surface area contributed by atoms with Gasteiger partial charge in [0.15, 0.2) is 0 Å². The van der Waals surface area contributed by atoms with Crippen LogP contribution in [-0.2, 0) is 0 Å². The molecule has 0 bridgehead atoms. The van der Waals surface area contributed by atoms with Gasteiger partial charge in [-0.1, -0.05) is 158 Å². The van der Waals surface area contributed by atoms with Crippen molar-refractivity contribution in [1.82, 2.24) is 0 Å². The van der Waals surface area contributed by atoms with Crippen LogP contribution in [0.15, 0.2) is 206 Å². The third-order valence-corrected chi connectivity index (χ3v) is 10.8. The fraction of sp³-hybridized carbons (Fsp3) is 0. The van der Waals surface area contributed by atoms with Crippen LogP contribution in [-0.4, -0.2) is 0 Å². The first kappa shape index (κ1) is 32.2. The third kappa shape index (κ3) is 5.50. The number of hydrogen-bond acceptors (Lipinski definition) is 2. The maximum atomic E-state index is 9.67. The lowest BCUT2D eigenvalue weighted by atomic mass is 9.81. The van der Waals surface area contributed by atoms with Gasteiger partial charge in [0.05, 0.1) is 17.3 Å². The van der Waals surface area contributed by atoms with Crippen LogP contribution in [0.5, 0.6) is 0 Å². The highest BCUT2D eigenvalue weighted by Crippen LogP contribution is 2.50. The molecule has 0 N–H and O–H groups in total. The number of anilines is 3. The SMILES string of the molecule is N#Cc1ccc(N(c2ccc3c(c2)c2ccccc2c2c(-c4ccccc4)cc(-c4ccccc4)c(-c4ccccc4)c32)c2cccc3ccccc23)cc1. The molecule has 0 saturated carbocycles. The average molecular weight is 699 g/mol. The molecule has 2 nitrogen and oxygen atoms in total. The summed E-state index contributed by atoms with van der Waals surface area (Å²) in [4.78, 5) is 2.33. The van der Waals surface area contributed by atoms with Crippen LogP contribution in [0.2, 0.25) is 0 Å². The minimum absolute atomic E-state index is 0.634. The summed E-state index contributed by atoms with van der Waals surface area (Å²) in [5.41, 5.74) is 10.9. The summed E-state index contributed by atoms with van der Waals surface area (Å²) in [7, 11) is 0. The molecule has 0 heterocycles. The second kappa shape index (κ2) is 13.5.